The van der Waals surface area contributed by atoms with E-state index in [1.807, 2.05) is 13.0 Å². The Morgan fingerprint density at radius 1 is 1.78 bits per heavy atom. The lowest BCUT2D eigenvalue weighted by Crippen LogP contribution is -1.98. The van der Waals surface area contributed by atoms with Gasteiger partial charge in [0.15, 0.2) is 0 Å². The minimum Gasteiger partial charge on any atom is -0.390 e. The van der Waals surface area contributed by atoms with E-state index in [0.29, 0.717) is 5.71 Å². The third-order valence-electron chi connectivity index (χ3n) is 0.778. The summed E-state index contributed by atoms with van der Waals surface area (Å²) in [6, 6.07) is 0. The maximum atomic E-state index is 8.56. The van der Waals surface area contributed by atoms with Crippen molar-refractivity contribution in [2.75, 3.05) is 6.61 Å². The van der Waals surface area contributed by atoms with Crippen molar-refractivity contribution < 1.29 is 5.11 Å². The fraction of sp³-hybridized carbons (Fsp3) is 0.286. The molecule has 0 fully saturated rings. The van der Waals surface area contributed by atoms with Crippen LogP contribution in [0.15, 0.2) is 29.9 Å². The molecule has 0 spiro atoms. The van der Waals surface area contributed by atoms with Crippen LogP contribution in [0.3, 0.4) is 0 Å². The van der Waals surface area contributed by atoms with Gasteiger partial charge in [0.2, 0.25) is 0 Å². The minimum absolute atomic E-state index is 0.0314. The van der Waals surface area contributed by atoms with E-state index >= 15 is 0 Å². The molecule has 0 aromatic rings. The van der Waals surface area contributed by atoms with Gasteiger partial charge in [0.1, 0.15) is 0 Å². The number of hydrogen-bond donors (Lipinski definition) is 1. The zero-order valence-electron chi connectivity index (χ0n) is 5.54. The normalized spacial score (nSPS) is 12.4. The predicted octanol–water partition coefficient (Wildman–Crippen LogP) is 1.14. The summed E-state index contributed by atoms with van der Waals surface area (Å²) in [6.45, 7) is 5.24. The van der Waals surface area contributed by atoms with E-state index in [4.69, 9.17) is 5.11 Å². The quantitative estimate of drug-likeness (QED) is 0.563. The summed E-state index contributed by atoms with van der Waals surface area (Å²) in [5.41, 5.74) is 0.632. The molecule has 0 unspecified atom stereocenters. The second kappa shape index (κ2) is 5.25. The molecular formula is C7H11NO. The van der Waals surface area contributed by atoms with Crippen molar-refractivity contribution in [2.24, 2.45) is 4.99 Å². The molecule has 2 heteroatoms. The molecule has 0 aromatic carbocycles. The Morgan fingerprint density at radius 3 is 2.78 bits per heavy atom. The summed E-state index contributed by atoms with van der Waals surface area (Å²) in [5, 5.41) is 8.56. The molecule has 0 saturated carbocycles. The number of nitrogens with zero attached hydrogens (tertiary/aromatic N) is 1. The molecule has 0 rings (SSSR count). The van der Waals surface area contributed by atoms with Crippen molar-refractivity contribution in [3.05, 3.63) is 24.9 Å². The molecule has 0 aliphatic rings. The smallest absolute Gasteiger partial charge is 0.0852 e. The van der Waals surface area contributed by atoms with Crippen molar-refractivity contribution in [3.8, 4) is 0 Å². The van der Waals surface area contributed by atoms with Gasteiger partial charge in [0.25, 0.3) is 0 Å². The largest absolute Gasteiger partial charge is 0.390 e. The summed E-state index contributed by atoms with van der Waals surface area (Å²) in [4.78, 5) is 3.78. The van der Waals surface area contributed by atoms with Gasteiger partial charge in [-0.15, -0.1) is 0 Å². The zero-order chi connectivity index (χ0) is 7.11. The molecule has 0 aliphatic carbocycles. The van der Waals surface area contributed by atoms with Crippen LogP contribution < -0.4 is 0 Å². The molecule has 9 heavy (non-hydrogen) atoms. The van der Waals surface area contributed by atoms with E-state index in [2.05, 4.69) is 11.6 Å². The average molecular weight is 125 g/mol. The van der Waals surface area contributed by atoms with Gasteiger partial charge < -0.3 is 5.11 Å². The highest BCUT2D eigenvalue weighted by Crippen LogP contribution is 1.81. The lowest BCUT2D eigenvalue weighted by Gasteiger charge is -1.89. The maximum Gasteiger partial charge on any atom is 0.0852 e. The highest BCUT2D eigenvalue weighted by Gasteiger charge is 1.84. The van der Waals surface area contributed by atoms with Crippen LogP contribution in [0.4, 0.5) is 0 Å². The Kier molecular flexibility index (Phi) is 4.73. The summed E-state index contributed by atoms with van der Waals surface area (Å²) >= 11 is 0. The van der Waals surface area contributed by atoms with Crippen molar-refractivity contribution in [2.45, 2.75) is 6.92 Å². The molecule has 0 saturated heterocycles. The van der Waals surface area contributed by atoms with E-state index in [9.17, 15) is 0 Å². The van der Waals surface area contributed by atoms with E-state index in [1.54, 1.807) is 6.08 Å². The number of aliphatic imine (C=N–C) groups is 1. The Labute approximate surface area is 55.2 Å². The number of aliphatic hydroxyl groups is 1. The van der Waals surface area contributed by atoms with Crippen LogP contribution >= 0.6 is 0 Å². The Morgan fingerprint density at radius 2 is 2.44 bits per heavy atom. The Bertz CT molecular complexity index is 136. The van der Waals surface area contributed by atoms with Gasteiger partial charge in [-0.1, -0.05) is 12.7 Å². The van der Waals surface area contributed by atoms with E-state index < -0.39 is 0 Å². The molecule has 0 aliphatic heterocycles. The van der Waals surface area contributed by atoms with Crippen LogP contribution in [0.25, 0.3) is 0 Å². The number of allylic oxidation sites excluding steroid dienone is 1. The van der Waals surface area contributed by atoms with Gasteiger partial charge in [0, 0.05) is 6.20 Å². The SMILES string of the molecule is C=CN=C(/C=C\C)CO. The topological polar surface area (TPSA) is 32.6 Å². The van der Waals surface area contributed by atoms with Crippen molar-refractivity contribution in [1.82, 2.24) is 0 Å². The molecule has 0 bridgehead atoms. The number of hydrogen-bond acceptors (Lipinski definition) is 2. The summed E-state index contributed by atoms with van der Waals surface area (Å²) in [7, 11) is 0. The van der Waals surface area contributed by atoms with Crippen molar-refractivity contribution >= 4 is 5.71 Å². The molecule has 2 nitrogen and oxygen atoms in total. The first kappa shape index (κ1) is 8.11. The van der Waals surface area contributed by atoms with E-state index in [1.165, 1.54) is 6.20 Å². The predicted molar refractivity (Wildman–Crippen MR) is 39.5 cm³/mol. The molecular weight excluding hydrogens is 114 g/mol. The van der Waals surface area contributed by atoms with E-state index in [-0.39, 0.29) is 6.61 Å². The highest BCUT2D eigenvalue weighted by molar-refractivity contribution is 5.96. The van der Waals surface area contributed by atoms with Crippen molar-refractivity contribution in [1.29, 1.82) is 0 Å². The van der Waals surface area contributed by atoms with E-state index in [0.717, 1.165) is 0 Å². The molecule has 0 amide bonds. The minimum atomic E-state index is -0.0314. The first-order valence-electron chi connectivity index (χ1n) is 2.76. The van der Waals surface area contributed by atoms with Gasteiger partial charge in [-0.25, -0.2) is 0 Å². The van der Waals surface area contributed by atoms with Gasteiger partial charge in [-0.05, 0) is 13.0 Å². The summed E-state index contributed by atoms with van der Waals surface area (Å²) in [6.07, 6.45) is 4.96. The Balaban J connectivity index is 3.96. The van der Waals surface area contributed by atoms with Gasteiger partial charge in [-0.3, -0.25) is 4.99 Å². The third kappa shape index (κ3) is 3.67. The molecule has 0 heterocycles. The van der Waals surface area contributed by atoms with Crippen LogP contribution in [-0.4, -0.2) is 17.4 Å². The second-order valence-corrected chi connectivity index (χ2v) is 1.46. The molecule has 0 radical (unpaired) electrons. The monoisotopic (exact) mass is 125 g/mol. The fourth-order valence-corrected chi connectivity index (χ4v) is 0.446. The third-order valence-corrected chi connectivity index (χ3v) is 0.778. The summed E-state index contributed by atoms with van der Waals surface area (Å²) in [5.74, 6) is 0. The van der Waals surface area contributed by atoms with Gasteiger partial charge in [-0.2, -0.15) is 0 Å². The second-order valence-electron chi connectivity index (χ2n) is 1.46. The average Bonchev–Trinajstić information content (AvgIpc) is 1.88. The molecule has 1 N–H and O–H groups in total. The molecule has 50 valence electrons. The first-order valence-corrected chi connectivity index (χ1v) is 2.76. The van der Waals surface area contributed by atoms with Crippen LogP contribution in [0.1, 0.15) is 6.92 Å². The number of aliphatic hydroxyl groups excluding tert-OH is 1. The van der Waals surface area contributed by atoms with Crippen LogP contribution in [-0.2, 0) is 0 Å². The van der Waals surface area contributed by atoms with Crippen LogP contribution in [0.2, 0.25) is 0 Å². The maximum absolute atomic E-state index is 8.56. The highest BCUT2D eigenvalue weighted by atomic mass is 16.3. The molecule has 0 atom stereocenters. The van der Waals surface area contributed by atoms with Crippen molar-refractivity contribution in [3.63, 3.8) is 0 Å². The standard InChI is InChI=1S/C7H11NO/c1-3-5-7(6-9)8-4-2/h3-5,9H,2,6H2,1H3/b5-3-,8-7?. The van der Waals surface area contributed by atoms with Gasteiger partial charge in [0.05, 0.1) is 12.3 Å². The van der Waals surface area contributed by atoms with Gasteiger partial charge >= 0.3 is 0 Å². The van der Waals surface area contributed by atoms with Crippen LogP contribution in [0, 0.1) is 0 Å². The van der Waals surface area contributed by atoms with Crippen LogP contribution in [0.5, 0.6) is 0 Å². The molecule has 0 aromatic heterocycles. The first-order chi connectivity index (χ1) is 4.35. The fourth-order valence-electron chi connectivity index (χ4n) is 0.446. The number of rotatable bonds is 3. The lowest BCUT2D eigenvalue weighted by molar-refractivity contribution is 0.358. The lowest BCUT2D eigenvalue weighted by atomic mass is 10.3. The summed E-state index contributed by atoms with van der Waals surface area (Å²) < 4.78 is 0. The zero-order valence-corrected chi connectivity index (χ0v) is 5.54. The Hall–Kier alpha value is -0.890.